The van der Waals surface area contributed by atoms with Crippen LogP contribution in [0.4, 0.5) is 0 Å². The lowest BCUT2D eigenvalue weighted by Crippen LogP contribution is -2.09. The van der Waals surface area contributed by atoms with Crippen molar-refractivity contribution < 1.29 is 4.74 Å². The van der Waals surface area contributed by atoms with E-state index in [-0.39, 0.29) is 6.04 Å². The van der Waals surface area contributed by atoms with Crippen LogP contribution >= 0.6 is 11.6 Å². The molecule has 3 heteroatoms. The lowest BCUT2D eigenvalue weighted by Gasteiger charge is -2.14. The second-order valence-electron chi connectivity index (χ2n) is 4.68. The van der Waals surface area contributed by atoms with E-state index in [2.05, 4.69) is 13.8 Å². The van der Waals surface area contributed by atoms with Gasteiger partial charge in [-0.1, -0.05) is 37.9 Å². The predicted molar refractivity (Wildman–Crippen MR) is 73.6 cm³/mol. The maximum atomic E-state index is 6.15. The van der Waals surface area contributed by atoms with Gasteiger partial charge >= 0.3 is 0 Å². The molecule has 0 saturated heterocycles. The molecular weight excluding hydrogens is 234 g/mol. The molecule has 0 spiro atoms. The first-order valence-electron chi connectivity index (χ1n) is 6.22. The summed E-state index contributed by atoms with van der Waals surface area (Å²) in [5.74, 6) is 1.31. The minimum absolute atomic E-state index is 0.000523. The summed E-state index contributed by atoms with van der Waals surface area (Å²) in [5.41, 5.74) is 6.83. The Kier molecular flexibility index (Phi) is 5.79. The molecule has 1 aromatic carbocycles. The maximum absolute atomic E-state index is 6.15. The summed E-state index contributed by atoms with van der Waals surface area (Å²) < 4.78 is 5.71. The van der Waals surface area contributed by atoms with Gasteiger partial charge < -0.3 is 10.5 Å². The Labute approximate surface area is 109 Å². The fourth-order valence-electron chi connectivity index (χ4n) is 1.73. The molecule has 0 bridgehead atoms. The standard InChI is InChI=1S/C14H22ClNO/c1-4-5-10(2)9-17-14-7-6-12(11(3)16)8-13(14)15/h6-8,10-11H,4-5,9,16H2,1-3H3/t10?,11-/m1/s1. The van der Waals surface area contributed by atoms with Crippen molar-refractivity contribution >= 4 is 11.6 Å². The number of benzene rings is 1. The highest BCUT2D eigenvalue weighted by atomic mass is 35.5. The van der Waals surface area contributed by atoms with Gasteiger partial charge in [0.05, 0.1) is 11.6 Å². The number of hydrogen-bond acceptors (Lipinski definition) is 2. The lowest BCUT2D eigenvalue weighted by molar-refractivity contribution is 0.251. The van der Waals surface area contributed by atoms with Crippen LogP contribution in [0, 0.1) is 5.92 Å². The molecule has 0 aliphatic rings. The Morgan fingerprint density at radius 3 is 2.59 bits per heavy atom. The second kappa shape index (κ2) is 6.87. The molecular formula is C14H22ClNO. The number of hydrogen-bond donors (Lipinski definition) is 1. The molecule has 2 N–H and O–H groups in total. The van der Waals surface area contributed by atoms with Crippen LogP contribution in [-0.4, -0.2) is 6.61 Å². The first kappa shape index (κ1) is 14.3. The third-order valence-corrected chi connectivity index (χ3v) is 3.08. The predicted octanol–water partition coefficient (Wildman–Crippen LogP) is 4.17. The molecule has 0 aliphatic carbocycles. The number of halogens is 1. The summed E-state index contributed by atoms with van der Waals surface area (Å²) in [6, 6.07) is 5.75. The van der Waals surface area contributed by atoms with E-state index < -0.39 is 0 Å². The minimum atomic E-state index is 0.000523. The quantitative estimate of drug-likeness (QED) is 0.828. The second-order valence-corrected chi connectivity index (χ2v) is 5.09. The Hall–Kier alpha value is -0.730. The number of rotatable bonds is 6. The van der Waals surface area contributed by atoms with Crippen molar-refractivity contribution in [1.82, 2.24) is 0 Å². The van der Waals surface area contributed by atoms with Crippen LogP contribution in [-0.2, 0) is 0 Å². The summed E-state index contributed by atoms with van der Waals surface area (Å²) in [4.78, 5) is 0. The monoisotopic (exact) mass is 255 g/mol. The molecule has 0 aromatic heterocycles. The zero-order valence-electron chi connectivity index (χ0n) is 10.9. The van der Waals surface area contributed by atoms with Gasteiger partial charge in [-0.25, -0.2) is 0 Å². The van der Waals surface area contributed by atoms with Crippen LogP contribution in [0.15, 0.2) is 18.2 Å². The van der Waals surface area contributed by atoms with Gasteiger partial charge in [-0.2, -0.15) is 0 Å². The van der Waals surface area contributed by atoms with Crippen molar-refractivity contribution in [2.45, 2.75) is 39.7 Å². The molecule has 0 saturated carbocycles. The highest BCUT2D eigenvalue weighted by Crippen LogP contribution is 2.27. The van der Waals surface area contributed by atoms with Crippen molar-refractivity contribution in [2.75, 3.05) is 6.61 Å². The van der Waals surface area contributed by atoms with Crippen molar-refractivity contribution in [1.29, 1.82) is 0 Å². The van der Waals surface area contributed by atoms with Gasteiger partial charge in [0.25, 0.3) is 0 Å². The Morgan fingerprint density at radius 2 is 2.06 bits per heavy atom. The highest BCUT2D eigenvalue weighted by Gasteiger charge is 2.07. The largest absolute Gasteiger partial charge is 0.492 e. The van der Waals surface area contributed by atoms with Gasteiger partial charge in [0.15, 0.2) is 0 Å². The maximum Gasteiger partial charge on any atom is 0.137 e. The highest BCUT2D eigenvalue weighted by molar-refractivity contribution is 6.32. The molecule has 0 amide bonds. The molecule has 0 radical (unpaired) electrons. The first-order valence-corrected chi connectivity index (χ1v) is 6.60. The summed E-state index contributed by atoms with van der Waals surface area (Å²) in [6.07, 6.45) is 2.36. The average molecular weight is 256 g/mol. The first-order chi connectivity index (χ1) is 8.04. The van der Waals surface area contributed by atoms with Crippen molar-refractivity contribution in [2.24, 2.45) is 11.7 Å². The molecule has 17 heavy (non-hydrogen) atoms. The molecule has 96 valence electrons. The van der Waals surface area contributed by atoms with Gasteiger partial charge in [-0.3, -0.25) is 0 Å². The van der Waals surface area contributed by atoms with Gasteiger partial charge in [0.2, 0.25) is 0 Å². The zero-order valence-corrected chi connectivity index (χ0v) is 11.6. The van der Waals surface area contributed by atoms with E-state index in [1.807, 2.05) is 25.1 Å². The fourth-order valence-corrected chi connectivity index (χ4v) is 1.97. The van der Waals surface area contributed by atoms with E-state index in [1.165, 1.54) is 12.8 Å². The van der Waals surface area contributed by atoms with Crippen molar-refractivity contribution in [3.8, 4) is 5.75 Å². The molecule has 1 unspecified atom stereocenters. The summed E-state index contributed by atoms with van der Waals surface area (Å²) in [6.45, 7) is 7.02. The summed E-state index contributed by atoms with van der Waals surface area (Å²) >= 11 is 6.15. The third-order valence-electron chi connectivity index (χ3n) is 2.79. The topological polar surface area (TPSA) is 35.2 Å². The molecule has 0 heterocycles. The SMILES string of the molecule is CCCC(C)COc1ccc([C@@H](C)N)cc1Cl. The molecule has 1 rings (SSSR count). The zero-order chi connectivity index (χ0) is 12.8. The number of ether oxygens (including phenoxy) is 1. The van der Waals surface area contributed by atoms with Crippen LogP contribution in [0.1, 0.15) is 45.2 Å². The lowest BCUT2D eigenvalue weighted by atomic mass is 10.1. The molecule has 1 aromatic rings. The van der Waals surface area contributed by atoms with E-state index in [9.17, 15) is 0 Å². The third kappa shape index (κ3) is 4.57. The van der Waals surface area contributed by atoms with Gasteiger partial charge in [0, 0.05) is 6.04 Å². The van der Waals surface area contributed by atoms with Crippen LogP contribution in [0.5, 0.6) is 5.75 Å². The fraction of sp³-hybridized carbons (Fsp3) is 0.571. The van der Waals surface area contributed by atoms with E-state index in [0.717, 1.165) is 11.3 Å². The summed E-state index contributed by atoms with van der Waals surface area (Å²) in [5, 5.41) is 0.642. The minimum Gasteiger partial charge on any atom is -0.492 e. The van der Waals surface area contributed by atoms with Gasteiger partial charge in [-0.05, 0) is 37.0 Å². The Balaban J connectivity index is 2.60. The normalized spacial score (nSPS) is 14.4. The van der Waals surface area contributed by atoms with Crippen LogP contribution < -0.4 is 10.5 Å². The summed E-state index contributed by atoms with van der Waals surface area (Å²) in [7, 11) is 0. The van der Waals surface area contributed by atoms with Crippen LogP contribution in [0.3, 0.4) is 0 Å². The Bertz CT molecular complexity index is 352. The van der Waals surface area contributed by atoms with E-state index in [1.54, 1.807) is 0 Å². The van der Waals surface area contributed by atoms with Crippen LogP contribution in [0.2, 0.25) is 5.02 Å². The molecule has 0 aliphatic heterocycles. The van der Waals surface area contributed by atoms with Crippen molar-refractivity contribution in [3.05, 3.63) is 28.8 Å². The van der Waals surface area contributed by atoms with E-state index in [0.29, 0.717) is 17.5 Å². The Morgan fingerprint density at radius 1 is 1.35 bits per heavy atom. The van der Waals surface area contributed by atoms with Crippen LogP contribution in [0.25, 0.3) is 0 Å². The molecule has 2 nitrogen and oxygen atoms in total. The smallest absolute Gasteiger partial charge is 0.137 e. The van der Waals surface area contributed by atoms with Crippen molar-refractivity contribution in [3.63, 3.8) is 0 Å². The van der Waals surface area contributed by atoms with Gasteiger partial charge in [0.1, 0.15) is 5.75 Å². The van der Waals surface area contributed by atoms with E-state index >= 15 is 0 Å². The van der Waals surface area contributed by atoms with Gasteiger partial charge in [-0.15, -0.1) is 0 Å². The van der Waals surface area contributed by atoms with E-state index in [4.69, 9.17) is 22.1 Å². The number of nitrogens with two attached hydrogens (primary N) is 1. The molecule has 0 fully saturated rings. The average Bonchev–Trinajstić information content (AvgIpc) is 2.27. The molecule has 2 atom stereocenters.